The van der Waals surface area contributed by atoms with Crippen molar-refractivity contribution in [1.29, 1.82) is 0 Å². The summed E-state index contributed by atoms with van der Waals surface area (Å²) in [6.07, 6.45) is 0. The second-order valence-electron chi connectivity index (χ2n) is 4.14. The lowest BCUT2D eigenvalue weighted by Crippen LogP contribution is -1.96. The summed E-state index contributed by atoms with van der Waals surface area (Å²) in [5, 5.41) is 18.6. The number of hydrogen-bond donors (Lipinski definition) is 2. The average Bonchev–Trinajstić information content (AvgIpc) is 2.46. The number of aromatic carboxylic acids is 1. The van der Waals surface area contributed by atoms with Gasteiger partial charge in [-0.2, -0.15) is 0 Å². The van der Waals surface area contributed by atoms with Crippen LogP contribution in [0.5, 0.6) is 17.2 Å². The Morgan fingerprint density at radius 2 is 1.55 bits per heavy atom. The van der Waals surface area contributed by atoms with E-state index in [4.69, 9.17) is 14.6 Å². The number of aromatic hydroxyl groups is 1. The van der Waals surface area contributed by atoms with E-state index < -0.39 is 5.97 Å². The van der Waals surface area contributed by atoms with Crippen LogP contribution in [0.15, 0.2) is 36.4 Å². The maximum atomic E-state index is 10.9. The van der Waals surface area contributed by atoms with Crippen LogP contribution in [0.25, 0.3) is 11.1 Å². The fourth-order valence-corrected chi connectivity index (χ4v) is 1.87. The van der Waals surface area contributed by atoms with E-state index in [2.05, 4.69) is 0 Å². The van der Waals surface area contributed by atoms with E-state index >= 15 is 0 Å². The van der Waals surface area contributed by atoms with E-state index in [1.54, 1.807) is 38.5 Å². The van der Waals surface area contributed by atoms with Crippen LogP contribution < -0.4 is 9.47 Å². The quantitative estimate of drug-likeness (QED) is 0.896. The van der Waals surface area contributed by atoms with Crippen LogP contribution in [0, 0.1) is 0 Å². The molecule has 0 aromatic heterocycles. The van der Waals surface area contributed by atoms with Crippen molar-refractivity contribution in [2.45, 2.75) is 0 Å². The van der Waals surface area contributed by atoms with Gasteiger partial charge in [-0.25, -0.2) is 4.79 Å². The summed E-state index contributed by atoms with van der Waals surface area (Å²) in [6.45, 7) is 0. The Hall–Kier alpha value is -2.69. The molecule has 0 aliphatic carbocycles. The van der Waals surface area contributed by atoms with Crippen LogP contribution in [0.4, 0.5) is 0 Å². The summed E-state index contributed by atoms with van der Waals surface area (Å²) in [7, 11) is 3.09. The third-order valence-electron chi connectivity index (χ3n) is 2.91. The number of carbonyl (C=O) groups is 1. The van der Waals surface area contributed by atoms with E-state index in [1.165, 1.54) is 12.1 Å². The Kier molecular flexibility index (Phi) is 3.79. The summed E-state index contributed by atoms with van der Waals surface area (Å²) < 4.78 is 10.3. The molecule has 0 heterocycles. The largest absolute Gasteiger partial charge is 0.507 e. The SMILES string of the molecule is COc1cc(OC)cc(-c2ccc(C(=O)O)c(O)c2)c1. The number of phenols is 1. The molecule has 104 valence electrons. The van der Waals surface area contributed by atoms with Gasteiger partial charge in [0.05, 0.1) is 14.2 Å². The molecule has 0 unspecified atom stereocenters. The molecule has 20 heavy (non-hydrogen) atoms. The van der Waals surface area contributed by atoms with Gasteiger partial charge in [-0.1, -0.05) is 6.07 Å². The van der Waals surface area contributed by atoms with Gasteiger partial charge in [0, 0.05) is 6.07 Å². The van der Waals surface area contributed by atoms with Crippen molar-refractivity contribution >= 4 is 5.97 Å². The molecule has 0 spiro atoms. The van der Waals surface area contributed by atoms with Crippen LogP contribution in [-0.4, -0.2) is 30.4 Å². The van der Waals surface area contributed by atoms with Crippen LogP contribution in [0.2, 0.25) is 0 Å². The van der Waals surface area contributed by atoms with Gasteiger partial charge in [0.2, 0.25) is 0 Å². The van der Waals surface area contributed by atoms with Crippen molar-refractivity contribution in [3.05, 3.63) is 42.0 Å². The molecule has 5 nitrogen and oxygen atoms in total. The number of rotatable bonds is 4. The minimum atomic E-state index is -1.17. The molecule has 0 aliphatic rings. The number of methoxy groups -OCH3 is 2. The first-order valence-electron chi connectivity index (χ1n) is 5.85. The van der Waals surface area contributed by atoms with Crippen LogP contribution in [0.1, 0.15) is 10.4 Å². The van der Waals surface area contributed by atoms with Gasteiger partial charge in [-0.05, 0) is 35.4 Å². The van der Waals surface area contributed by atoms with Crippen molar-refractivity contribution < 1.29 is 24.5 Å². The second-order valence-corrected chi connectivity index (χ2v) is 4.14. The topological polar surface area (TPSA) is 76.0 Å². The van der Waals surface area contributed by atoms with Gasteiger partial charge >= 0.3 is 5.97 Å². The molecular weight excluding hydrogens is 260 g/mol. The molecule has 2 aromatic carbocycles. The van der Waals surface area contributed by atoms with Crippen LogP contribution in [-0.2, 0) is 0 Å². The summed E-state index contributed by atoms with van der Waals surface area (Å²) in [4.78, 5) is 10.9. The smallest absolute Gasteiger partial charge is 0.339 e. The predicted molar refractivity (Wildman–Crippen MR) is 73.6 cm³/mol. The maximum Gasteiger partial charge on any atom is 0.339 e. The van der Waals surface area contributed by atoms with Crippen molar-refractivity contribution in [3.63, 3.8) is 0 Å². The fourth-order valence-electron chi connectivity index (χ4n) is 1.87. The van der Waals surface area contributed by atoms with E-state index in [0.29, 0.717) is 17.1 Å². The lowest BCUT2D eigenvalue weighted by atomic mass is 10.0. The average molecular weight is 274 g/mol. The number of ether oxygens (including phenoxy) is 2. The zero-order valence-corrected chi connectivity index (χ0v) is 11.1. The Labute approximate surface area is 116 Å². The highest BCUT2D eigenvalue weighted by atomic mass is 16.5. The molecule has 0 radical (unpaired) electrons. The molecule has 0 aliphatic heterocycles. The van der Waals surface area contributed by atoms with Gasteiger partial charge in [-0.15, -0.1) is 0 Å². The number of benzene rings is 2. The van der Waals surface area contributed by atoms with Crippen LogP contribution in [0.3, 0.4) is 0 Å². The highest BCUT2D eigenvalue weighted by molar-refractivity contribution is 5.91. The van der Waals surface area contributed by atoms with E-state index in [-0.39, 0.29) is 11.3 Å². The van der Waals surface area contributed by atoms with Crippen LogP contribution >= 0.6 is 0 Å². The molecule has 2 rings (SSSR count). The summed E-state index contributed by atoms with van der Waals surface area (Å²) >= 11 is 0. The third kappa shape index (κ3) is 2.66. The van der Waals surface area contributed by atoms with E-state index in [1.807, 2.05) is 0 Å². The van der Waals surface area contributed by atoms with Gasteiger partial charge in [0.15, 0.2) is 0 Å². The maximum absolute atomic E-state index is 10.9. The van der Waals surface area contributed by atoms with Crippen molar-refractivity contribution in [2.24, 2.45) is 0 Å². The Morgan fingerprint density at radius 1 is 0.950 bits per heavy atom. The standard InChI is InChI=1S/C15H14O5/c1-19-11-5-10(6-12(8-11)20-2)9-3-4-13(15(17)18)14(16)7-9/h3-8,16H,1-2H3,(H,17,18). The predicted octanol–water partition coefficient (Wildman–Crippen LogP) is 2.77. The number of carboxylic acids is 1. The summed E-state index contributed by atoms with van der Waals surface area (Å²) in [5.41, 5.74) is 1.29. The Morgan fingerprint density at radius 3 is 2.00 bits per heavy atom. The molecule has 0 bridgehead atoms. The second kappa shape index (κ2) is 5.52. The molecule has 2 N–H and O–H groups in total. The van der Waals surface area contributed by atoms with Gasteiger partial charge < -0.3 is 19.7 Å². The Balaban J connectivity index is 2.51. The number of hydrogen-bond acceptors (Lipinski definition) is 4. The minimum Gasteiger partial charge on any atom is -0.507 e. The normalized spacial score (nSPS) is 10.1. The molecular formula is C15H14O5. The molecule has 0 atom stereocenters. The zero-order valence-electron chi connectivity index (χ0n) is 11.1. The molecule has 2 aromatic rings. The molecule has 5 heteroatoms. The fraction of sp³-hybridized carbons (Fsp3) is 0.133. The minimum absolute atomic E-state index is 0.136. The molecule has 0 amide bonds. The van der Waals surface area contributed by atoms with Crippen molar-refractivity contribution in [1.82, 2.24) is 0 Å². The molecule has 0 fully saturated rings. The number of carboxylic acid groups (broad SMARTS) is 1. The first kappa shape index (κ1) is 13.7. The molecule has 0 saturated heterocycles. The van der Waals surface area contributed by atoms with Crippen molar-refractivity contribution in [2.75, 3.05) is 14.2 Å². The van der Waals surface area contributed by atoms with Gasteiger partial charge in [0.25, 0.3) is 0 Å². The lowest BCUT2D eigenvalue weighted by Gasteiger charge is -2.09. The van der Waals surface area contributed by atoms with Gasteiger partial charge in [0.1, 0.15) is 22.8 Å². The zero-order chi connectivity index (χ0) is 14.7. The Bertz CT molecular complexity index is 626. The van der Waals surface area contributed by atoms with E-state index in [9.17, 15) is 9.90 Å². The monoisotopic (exact) mass is 274 g/mol. The van der Waals surface area contributed by atoms with Gasteiger partial charge in [-0.3, -0.25) is 0 Å². The van der Waals surface area contributed by atoms with Crippen molar-refractivity contribution in [3.8, 4) is 28.4 Å². The highest BCUT2D eigenvalue weighted by Crippen LogP contribution is 2.32. The van der Waals surface area contributed by atoms with E-state index in [0.717, 1.165) is 5.56 Å². The molecule has 0 saturated carbocycles. The first-order valence-corrected chi connectivity index (χ1v) is 5.85. The summed E-state index contributed by atoms with van der Waals surface area (Å²) in [6, 6.07) is 9.67. The summed E-state index contributed by atoms with van der Waals surface area (Å²) in [5.74, 6) is -0.226. The third-order valence-corrected chi connectivity index (χ3v) is 2.91. The highest BCUT2D eigenvalue weighted by Gasteiger charge is 2.11. The first-order chi connectivity index (χ1) is 9.55. The lowest BCUT2D eigenvalue weighted by molar-refractivity contribution is 0.0694.